The largest absolute Gasteiger partial charge is 0.495 e. The lowest BCUT2D eigenvalue weighted by molar-refractivity contribution is -0.125. The maximum absolute atomic E-state index is 13.3. The number of carbonyl (C=O) groups excluding carboxylic acids is 2. The number of methoxy groups -OCH3 is 1. The van der Waals surface area contributed by atoms with E-state index >= 15 is 0 Å². The molecule has 0 radical (unpaired) electrons. The first-order chi connectivity index (χ1) is 16.4. The van der Waals surface area contributed by atoms with Crippen molar-refractivity contribution in [2.75, 3.05) is 12.4 Å². The number of carbonyl (C=O) groups is 2. The summed E-state index contributed by atoms with van der Waals surface area (Å²) in [6.07, 6.45) is -1.27. The second-order valence-corrected chi connectivity index (χ2v) is 7.71. The highest BCUT2D eigenvalue weighted by Gasteiger charge is 2.28. The minimum atomic E-state index is -1.27. The van der Waals surface area contributed by atoms with Crippen LogP contribution in [0, 0.1) is 6.92 Å². The van der Waals surface area contributed by atoms with Gasteiger partial charge in [0.05, 0.1) is 18.2 Å². The van der Waals surface area contributed by atoms with Gasteiger partial charge in [-0.3, -0.25) is 9.59 Å². The number of fused-ring (bicyclic) bond motifs is 1. The van der Waals surface area contributed by atoms with Crippen LogP contribution in [0.15, 0.2) is 77.6 Å². The zero-order chi connectivity index (χ0) is 24.2. The van der Waals surface area contributed by atoms with Crippen LogP contribution in [0.2, 0.25) is 0 Å². The zero-order valence-electron chi connectivity index (χ0n) is 18.9. The molecule has 34 heavy (non-hydrogen) atoms. The number of aromatic nitrogens is 2. The summed E-state index contributed by atoms with van der Waals surface area (Å²) in [5.74, 6) is -0.910. The molecule has 0 aliphatic rings. The zero-order valence-corrected chi connectivity index (χ0v) is 18.9. The van der Waals surface area contributed by atoms with Crippen molar-refractivity contribution >= 4 is 28.3 Å². The number of ether oxygens (including phenoxy) is 2. The van der Waals surface area contributed by atoms with E-state index in [0.29, 0.717) is 27.8 Å². The minimum absolute atomic E-state index is 0.0560. The van der Waals surface area contributed by atoms with Crippen molar-refractivity contribution in [3.05, 3.63) is 100.0 Å². The number of anilines is 1. The van der Waals surface area contributed by atoms with Gasteiger partial charge in [-0.1, -0.05) is 54.6 Å². The SMILES string of the molecule is COc1ccc(C)cc1NC(=O)[C@@H](OC(=O)c1nn(C)c(=O)c2ccccc12)c1ccccc1. The summed E-state index contributed by atoms with van der Waals surface area (Å²) in [5, 5.41) is 7.59. The van der Waals surface area contributed by atoms with Gasteiger partial charge in [-0.25, -0.2) is 9.48 Å². The first kappa shape index (κ1) is 22.7. The summed E-state index contributed by atoms with van der Waals surface area (Å²) in [6.45, 7) is 1.89. The topological polar surface area (TPSA) is 99.5 Å². The van der Waals surface area contributed by atoms with Gasteiger partial charge in [-0.15, -0.1) is 0 Å². The van der Waals surface area contributed by atoms with Crippen molar-refractivity contribution in [2.24, 2.45) is 7.05 Å². The number of hydrogen-bond acceptors (Lipinski definition) is 6. The molecule has 4 rings (SSSR count). The number of rotatable bonds is 6. The third kappa shape index (κ3) is 4.52. The summed E-state index contributed by atoms with van der Waals surface area (Å²) in [4.78, 5) is 39.0. The van der Waals surface area contributed by atoms with Crippen LogP contribution in [0.3, 0.4) is 0 Å². The minimum Gasteiger partial charge on any atom is -0.495 e. The third-order valence-electron chi connectivity index (χ3n) is 5.33. The van der Waals surface area contributed by atoms with E-state index < -0.39 is 18.0 Å². The Kier molecular flexibility index (Phi) is 6.40. The number of nitrogens with zero attached hydrogens (tertiary/aromatic N) is 2. The molecular formula is C26H23N3O5. The lowest BCUT2D eigenvalue weighted by Gasteiger charge is -2.19. The van der Waals surface area contributed by atoms with Gasteiger partial charge < -0.3 is 14.8 Å². The Hall–Kier alpha value is -4.46. The van der Waals surface area contributed by atoms with Gasteiger partial charge in [-0.05, 0) is 30.7 Å². The van der Waals surface area contributed by atoms with Gasteiger partial charge >= 0.3 is 5.97 Å². The molecule has 3 aromatic carbocycles. The first-order valence-electron chi connectivity index (χ1n) is 10.6. The Morgan fingerprint density at radius 2 is 1.65 bits per heavy atom. The van der Waals surface area contributed by atoms with Gasteiger partial charge in [0.2, 0.25) is 6.10 Å². The van der Waals surface area contributed by atoms with Crippen LogP contribution < -0.4 is 15.6 Å². The van der Waals surface area contributed by atoms with Gasteiger partial charge in [0, 0.05) is 18.0 Å². The number of aryl methyl sites for hydroxylation is 2. The number of amides is 1. The maximum Gasteiger partial charge on any atom is 0.360 e. The predicted octanol–water partition coefficient (Wildman–Crippen LogP) is 3.79. The maximum atomic E-state index is 13.3. The molecule has 0 fully saturated rings. The Balaban J connectivity index is 1.71. The average Bonchev–Trinajstić information content (AvgIpc) is 2.85. The van der Waals surface area contributed by atoms with Crippen LogP contribution in [0.25, 0.3) is 10.8 Å². The van der Waals surface area contributed by atoms with E-state index in [9.17, 15) is 14.4 Å². The molecule has 172 valence electrons. The van der Waals surface area contributed by atoms with Crippen LogP contribution in [0.5, 0.6) is 5.75 Å². The monoisotopic (exact) mass is 457 g/mol. The smallest absolute Gasteiger partial charge is 0.360 e. The highest BCUT2D eigenvalue weighted by atomic mass is 16.5. The summed E-state index contributed by atoms with van der Waals surface area (Å²) in [7, 11) is 2.96. The standard InChI is InChI=1S/C26H23N3O5/c1-16-13-14-21(33-3)20(15-16)27-24(30)23(17-9-5-4-6-10-17)34-26(32)22-18-11-7-8-12-19(18)25(31)29(2)28-22/h4-15,23H,1-3H3,(H,27,30)/t23-/m0/s1. The fourth-order valence-electron chi connectivity index (χ4n) is 3.63. The van der Waals surface area contributed by atoms with Crippen molar-refractivity contribution in [2.45, 2.75) is 13.0 Å². The van der Waals surface area contributed by atoms with Gasteiger partial charge in [0.15, 0.2) is 5.69 Å². The van der Waals surface area contributed by atoms with Gasteiger partial charge in [-0.2, -0.15) is 5.10 Å². The Bertz CT molecular complexity index is 1430. The molecule has 8 heteroatoms. The molecular weight excluding hydrogens is 434 g/mol. The molecule has 8 nitrogen and oxygen atoms in total. The van der Waals surface area contributed by atoms with E-state index in [4.69, 9.17) is 9.47 Å². The summed E-state index contributed by atoms with van der Waals surface area (Å²) >= 11 is 0. The Morgan fingerprint density at radius 1 is 0.971 bits per heavy atom. The van der Waals surface area contributed by atoms with Crippen LogP contribution in [0.1, 0.15) is 27.7 Å². The normalized spacial score (nSPS) is 11.6. The molecule has 1 atom stereocenters. The fourth-order valence-corrected chi connectivity index (χ4v) is 3.63. The van der Waals surface area contributed by atoms with E-state index in [1.807, 2.05) is 13.0 Å². The van der Waals surface area contributed by atoms with Gasteiger partial charge in [0.1, 0.15) is 5.75 Å². The van der Waals surface area contributed by atoms with Crippen molar-refractivity contribution < 1.29 is 19.1 Å². The van der Waals surface area contributed by atoms with E-state index in [0.717, 1.165) is 10.2 Å². The molecule has 1 heterocycles. The van der Waals surface area contributed by atoms with Crippen LogP contribution in [-0.4, -0.2) is 28.8 Å². The lowest BCUT2D eigenvalue weighted by Crippen LogP contribution is -2.28. The molecule has 0 saturated carbocycles. The lowest BCUT2D eigenvalue weighted by atomic mass is 10.1. The molecule has 0 aliphatic carbocycles. The fraction of sp³-hybridized carbons (Fsp3) is 0.154. The average molecular weight is 457 g/mol. The molecule has 1 amide bonds. The molecule has 0 bridgehead atoms. The van der Waals surface area contributed by atoms with Crippen LogP contribution in [-0.2, 0) is 16.6 Å². The highest BCUT2D eigenvalue weighted by Crippen LogP contribution is 2.28. The molecule has 0 unspecified atom stereocenters. The molecule has 1 N–H and O–H groups in total. The van der Waals surface area contributed by atoms with Crippen molar-refractivity contribution in [1.29, 1.82) is 0 Å². The summed E-state index contributed by atoms with van der Waals surface area (Å²) in [5.41, 5.74) is 1.46. The van der Waals surface area contributed by atoms with Crippen molar-refractivity contribution in [3.8, 4) is 5.75 Å². The molecule has 0 aliphatic heterocycles. The second kappa shape index (κ2) is 9.58. The predicted molar refractivity (Wildman–Crippen MR) is 128 cm³/mol. The van der Waals surface area contributed by atoms with E-state index in [1.165, 1.54) is 14.2 Å². The van der Waals surface area contributed by atoms with Crippen molar-refractivity contribution in [3.63, 3.8) is 0 Å². The van der Waals surface area contributed by atoms with Gasteiger partial charge in [0.25, 0.3) is 11.5 Å². The number of esters is 1. The van der Waals surface area contributed by atoms with Crippen LogP contribution in [0.4, 0.5) is 5.69 Å². The molecule has 1 aromatic heterocycles. The second-order valence-electron chi connectivity index (χ2n) is 7.71. The van der Waals surface area contributed by atoms with E-state index in [-0.39, 0.29) is 11.3 Å². The van der Waals surface area contributed by atoms with Crippen LogP contribution >= 0.6 is 0 Å². The molecule has 4 aromatic rings. The van der Waals surface area contributed by atoms with E-state index in [2.05, 4.69) is 10.4 Å². The summed E-state index contributed by atoms with van der Waals surface area (Å²) in [6, 6.07) is 20.7. The number of hydrogen-bond donors (Lipinski definition) is 1. The molecule has 0 spiro atoms. The first-order valence-corrected chi connectivity index (χ1v) is 10.6. The highest BCUT2D eigenvalue weighted by molar-refractivity contribution is 6.04. The Morgan fingerprint density at radius 3 is 2.35 bits per heavy atom. The Labute approximate surface area is 195 Å². The van der Waals surface area contributed by atoms with Crippen molar-refractivity contribution in [1.82, 2.24) is 9.78 Å². The number of nitrogens with one attached hydrogen (secondary N) is 1. The number of benzene rings is 3. The molecule has 0 saturated heterocycles. The van der Waals surface area contributed by atoms with E-state index in [1.54, 1.807) is 66.7 Å². The summed E-state index contributed by atoms with van der Waals surface area (Å²) < 4.78 is 12.1. The quantitative estimate of drug-likeness (QED) is 0.442. The third-order valence-corrected chi connectivity index (χ3v) is 5.33.